The molecule has 1 amide bonds. The van der Waals surface area contributed by atoms with Crippen LogP contribution in [0.1, 0.15) is 20.7 Å². The van der Waals surface area contributed by atoms with Gasteiger partial charge in [-0.15, -0.1) is 0 Å². The number of nitrogens with one attached hydrogen (secondary N) is 1. The second kappa shape index (κ2) is 6.56. The van der Waals surface area contributed by atoms with Crippen LogP contribution in [0.4, 0.5) is 17.1 Å². The Morgan fingerprint density at radius 1 is 1.17 bits per heavy atom. The number of nitro benzene ring substituents is 1. The molecule has 0 saturated heterocycles. The number of amides is 1. The van der Waals surface area contributed by atoms with E-state index in [9.17, 15) is 19.7 Å². The third-order valence-corrected chi connectivity index (χ3v) is 3.03. The van der Waals surface area contributed by atoms with E-state index < -0.39 is 16.8 Å². The number of methoxy groups -OCH3 is 1. The molecule has 0 saturated carbocycles. The number of hydrogen-bond acceptors (Lipinski definition) is 6. The van der Waals surface area contributed by atoms with Crippen molar-refractivity contribution < 1.29 is 19.2 Å². The van der Waals surface area contributed by atoms with Crippen molar-refractivity contribution in [3.63, 3.8) is 0 Å². The molecule has 3 N–H and O–H groups in total. The van der Waals surface area contributed by atoms with Gasteiger partial charge in [0, 0.05) is 17.3 Å². The summed E-state index contributed by atoms with van der Waals surface area (Å²) in [5.41, 5.74) is 5.82. The van der Waals surface area contributed by atoms with Crippen LogP contribution in [0.3, 0.4) is 0 Å². The van der Waals surface area contributed by atoms with Gasteiger partial charge in [-0.25, -0.2) is 4.79 Å². The maximum atomic E-state index is 12.2. The highest BCUT2D eigenvalue weighted by molar-refractivity contribution is 6.05. The Morgan fingerprint density at radius 2 is 1.91 bits per heavy atom. The number of nitro groups is 1. The summed E-state index contributed by atoms with van der Waals surface area (Å²) in [6.45, 7) is 0. The summed E-state index contributed by atoms with van der Waals surface area (Å²) >= 11 is 0. The van der Waals surface area contributed by atoms with Gasteiger partial charge in [-0.2, -0.15) is 0 Å². The third kappa shape index (κ3) is 3.62. The first-order valence-electron chi connectivity index (χ1n) is 6.46. The van der Waals surface area contributed by atoms with Crippen molar-refractivity contribution in [3.05, 3.63) is 63.7 Å². The molecular formula is C15H13N3O5. The Balaban J connectivity index is 2.24. The number of esters is 1. The lowest BCUT2D eigenvalue weighted by Gasteiger charge is -2.07. The highest BCUT2D eigenvalue weighted by atomic mass is 16.6. The molecule has 2 aromatic rings. The molecule has 0 fully saturated rings. The molecule has 0 unspecified atom stereocenters. The number of nitrogens with zero attached hydrogens (tertiary/aromatic N) is 1. The van der Waals surface area contributed by atoms with E-state index >= 15 is 0 Å². The van der Waals surface area contributed by atoms with Gasteiger partial charge in [0.1, 0.15) is 5.69 Å². The SMILES string of the molecule is COC(=O)c1cccc(NC(=O)c2ccc(N)c([N+](=O)[O-])c2)c1. The van der Waals surface area contributed by atoms with Gasteiger partial charge >= 0.3 is 5.97 Å². The number of hydrogen-bond donors (Lipinski definition) is 2. The number of benzene rings is 2. The van der Waals surface area contributed by atoms with Crippen LogP contribution in [0.2, 0.25) is 0 Å². The molecule has 0 atom stereocenters. The summed E-state index contributed by atoms with van der Waals surface area (Å²) in [5, 5.41) is 13.4. The molecule has 0 spiro atoms. The number of carbonyl (C=O) groups excluding carboxylic acids is 2. The lowest BCUT2D eigenvalue weighted by atomic mass is 10.1. The molecule has 8 nitrogen and oxygen atoms in total. The second-order valence-corrected chi connectivity index (χ2v) is 4.56. The van der Waals surface area contributed by atoms with E-state index in [-0.39, 0.29) is 22.5 Å². The summed E-state index contributed by atoms with van der Waals surface area (Å²) in [5.74, 6) is -1.10. The highest BCUT2D eigenvalue weighted by Gasteiger charge is 2.16. The van der Waals surface area contributed by atoms with Gasteiger partial charge in [0.15, 0.2) is 0 Å². The van der Waals surface area contributed by atoms with Crippen LogP contribution in [-0.2, 0) is 4.74 Å². The fourth-order valence-electron chi connectivity index (χ4n) is 1.89. The molecule has 2 aromatic carbocycles. The van der Waals surface area contributed by atoms with Gasteiger partial charge in [0.2, 0.25) is 0 Å². The molecule has 118 valence electrons. The van der Waals surface area contributed by atoms with Gasteiger partial charge in [0.05, 0.1) is 17.6 Å². The molecule has 0 radical (unpaired) electrons. The molecule has 0 aliphatic heterocycles. The minimum absolute atomic E-state index is 0.0285. The standard InChI is InChI=1S/C15H13N3O5/c1-23-15(20)10-3-2-4-11(7-10)17-14(19)9-5-6-12(16)13(8-9)18(21)22/h2-8H,16H2,1H3,(H,17,19). The number of ether oxygens (including phenoxy) is 1. The van der Waals surface area contributed by atoms with Gasteiger partial charge in [-0.1, -0.05) is 6.07 Å². The third-order valence-electron chi connectivity index (χ3n) is 3.03. The van der Waals surface area contributed by atoms with Gasteiger partial charge in [-0.3, -0.25) is 14.9 Å². The van der Waals surface area contributed by atoms with Crippen molar-refractivity contribution in [2.75, 3.05) is 18.2 Å². The minimum Gasteiger partial charge on any atom is -0.465 e. The normalized spacial score (nSPS) is 9.96. The fraction of sp³-hybridized carbons (Fsp3) is 0.0667. The van der Waals surface area contributed by atoms with Crippen molar-refractivity contribution in [2.24, 2.45) is 0 Å². The number of nitrogens with two attached hydrogens (primary N) is 1. The zero-order valence-corrected chi connectivity index (χ0v) is 12.1. The lowest BCUT2D eigenvalue weighted by Crippen LogP contribution is -2.13. The summed E-state index contributed by atoms with van der Waals surface area (Å²) in [6.07, 6.45) is 0. The van der Waals surface area contributed by atoms with Crippen LogP contribution < -0.4 is 11.1 Å². The van der Waals surface area contributed by atoms with Crippen molar-refractivity contribution in [3.8, 4) is 0 Å². The maximum Gasteiger partial charge on any atom is 0.337 e. The largest absolute Gasteiger partial charge is 0.465 e. The van der Waals surface area contributed by atoms with Crippen molar-refractivity contribution in [1.82, 2.24) is 0 Å². The number of nitrogen functional groups attached to an aromatic ring is 1. The van der Waals surface area contributed by atoms with Crippen LogP contribution in [0.15, 0.2) is 42.5 Å². The molecule has 0 aliphatic rings. The first kappa shape index (κ1) is 16.0. The Morgan fingerprint density at radius 3 is 2.57 bits per heavy atom. The molecule has 8 heteroatoms. The summed E-state index contributed by atoms with van der Waals surface area (Å²) in [6, 6.07) is 9.89. The Hall–Kier alpha value is -3.42. The van der Waals surface area contributed by atoms with E-state index in [4.69, 9.17) is 5.73 Å². The van der Waals surface area contributed by atoms with Crippen LogP contribution in [-0.4, -0.2) is 23.9 Å². The van der Waals surface area contributed by atoms with E-state index in [0.29, 0.717) is 5.69 Å². The summed E-state index contributed by atoms with van der Waals surface area (Å²) < 4.78 is 4.60. The van der Waals surface area contributed by atoms with E-state index in [1.165, 1.54) is 31.4 Å². The monoisotopic (exact) mass is 315 g/mol. The highest BCUT2D eigenvalue weighted by Crippen LogP contribution is 2.23. The van der Waals surface area contributed by atoms with Crippen molar-refractivity contribution in [1.29, 1.82) is 0 Å². The van der Waals surface area contributed by atoms with Crippen LogP contribution in [0, 0.1) is 10.1 Å². The van der Waals surface area contributed by atoms with Crippen LogP contribution in [0.5, 0.6) is 0 Å². The maximum absolute atomic E-state index is 12.2. The summed E-state index contributed by atoms with van der Waals surface area (Å²) in [4.78, 5) is 33.8. The first-order valence-corrected chi connectivity index (χ1v) is 6.46. The molecule has 0 bridgehead atoms. The smallest absolute Gasteiger partial charge is 0.337 e. The van der Waals surface area contributed by atoms with E-state index in [2.05, 4.69) is 10.1 Å². The molecule has 0 aromatic heterocycles. The Labute approximate surface area is 131 Å². The predicted octanol–water partition coefficient (Wildman–Crippen LogP) is 2.22. The van der Waals surface area contributed by atoms with Gasteiger partial charge < -0.3 is 15.8 Å². The Bertz CT molecular complexity index is 788. The average Bonchev–Trinajstić information content (AvgIpc) is 2.54. The average molecular weight is 315 g/mol. The van der Waals surface area contributed by atoms with E-state index in [1.54, 1.807) is 12.1 Å². The zero-order chi connectivity index (χ0) is 17.0. The Kier molecular flexibility index (Phi) is 4.55. The zero-order valence-electron chi connectivity index (χ0n) is 12.1. The van der Waals surface area contributed by atoms with E-state index in [0.717, 1.165) is 6.07 Å². The quantitative estimate of drug-likeness (QED) is 0.386. The number of carbonyl (C=O) groups is 2. The lowest BCUT2D eigenvalue weighted by molar-refractivity contribution is -0.383. The van der Waals surface area contributed by atoms with Gasteiger partial charge in [0.25, 0.3) is 11.6 Å². The van der Waals surface area contributed by atoms with Gasteiger partial charge in [-0.05, 0) is 30.3 Å². The van der Waals surface area contributed by atoms with Crippen LogP contribution >= 0.6 is 0 Å². The molecule has 0 aliphatic carbocycles. The minimum atomic E-state index is -0.663. The second-order valence-electron chi connectivity index (χ2n) is 4.56. The van der Waals surface area contributed by atoms with Crippen molar-refractivity contribution >= 4 is 28.9 Å². The van der Waals surface area contributed by atoms with Crippen LogP contribution in [0.25, 0.3) is 0 Å². The summed E-state index contributed by atoms with van der Waals surface area (Å²) in [7, 11) is 1.25. The first-order chi connectivity index (χ1) is 10.9. The topological polar surface area (TPSA) is 125 Å². The molecule has 23 heavy (non-hydrogen) atoms. The number of anilines is 2. The molecule has 0 heterocycles. The fourth-order valence-corrected chi connectivity index (χ4v) is 1.89. The predicted molar refractivity (Wildman–Crippen MR) is 83.2 cm³/mol. The van der Waals surface area contributed by atoms with Crippen molar-refractivity contribution in [2.45, 2.75) is 0 Å². The number of rotatable bonds is 4. The molecule has 2 rings (SSSR count). The van der Waals surface area contributed by atoms with E-state index in [1.807, 2.05) is 0 Å². The molecular weight excluding hydrogens is 302 g/mol.